The molecule has 0 saturated heterocycles. The van der Waals surface area contributed by atoms with E-state index in [2.05, 4.69) is 25.6 Å². The Bertz CT molecular complexity index is 860. The van der Waals surface area contributed by atoms with Crippen molar-refractivity contribution in [2.75, 3.05) is 5.32 Å². The number of anilines is 1. The van der Waals surface area contributed by atoms with E-state index in [0.717, 1.165) is 10.9 Å². The van der Waals surface area contributed by atoms with E-state index >= 15 is 0 Å². The Morgan fingerprint density at radius 3 is 2.87 bits per heavy atom. The van der Waals surface area contributed by atoms with Crippen LogP contribution in [-0.2, 0) is 11.3 Å². The molecule has 8 heteroatoms. The van der Waals surface area contributed by atoms with Crippen LogP contribution in [0.15, 0.2) is 24.7 Å². The zero-order chi connectivity index (χ0) is 16.6. The second kappa shape index (κ2) is 5.45. The SMILES string of the molecule is CC(=O)Nc1cn[nH]c1-c1cc2c(cn1)cnn2CC(C)(C)F. The summed E-state index contributed by atoms with van der Waals surface area (Å²) in [4.78, 5) is 15.6. The van der Waals surface area contributed by atoms with E-state index < -0.39 is 5.67 Å². The lowest BCUT2D eigenvalue weighted by molar-refractivity contribution is -0.114. The zero-order valence-corrected chi connectivity index (χ0v) is 13.1. The van der Waals surface area contributed by atoms with Crippen molar-refractivity contribution in [1.29, 1.82) is 0 Å². The molecular formula is C15H17FN6O. The first kappa shape index (κ1) is 15.1. The van der Waals surface area contributed by atoms with Gasteiger partial charge in [0, 0.05) is 18.5 Å². The number of alkyl halides is 1. The fourth-order valence-corrected chi connectivity index (χ4v) is 2.36. The van der Waals surface area contributed by atoms with Crippen LogP contribution >= 0.6 is 0 Å². The Morgan fingerprint density at radius 2 is 2.17 bits per heavy atom. The average molecular weight is 316 g/mol. The molecule has 3 rings (SSSR count). The van der Waals surface area contributed by atoms with Crippen molar-refractivity contribution >= 4 is 22.5 Å². The Hall–Kier alpha value is -2.77. The number of nitrogens with one attached hydrogen (secondary N) is 2. The maximum atomic E-state index is 13.9. The van der Waals surface area contributed by atoms with Crippen LogP contribution in [-0.4, -0.2) is 36.5 Å². The summed E-state index contributed by atoms with van der Waals surface area (Å²) in [5.41, 5.74) is 1.12. The van der Waals surface area contributed by atoms with Crippen LogP contribution in [0.5, 0.6) is 0 Å². The van der Waals surface area contributed by atoms with Crippen LogP contribution in [0.2, 0.25) is 0 Å². The van der Waals surface area contributed by atoms with Crippen LogP contribution in [0.4, 0.5) is 10.1 Å². The van der Waals surface area contributed by atoms with Crippen LogP contribution in [0.1, 0.15) is 20.8 Å². The predicted octanol–water partition coefficient (Wildman–Crippen LogP) is 2.53. The number of carbonyl (C=O) groups excluding carboxylic acids is 1. The van der Waals surface area contributed by atoms with E-state index in [0.29, 0.717) is 17.1 Å². The molecule has 0 aliphatic carbocycles. The molecule has 0 aliphatic rings. The molecule has 7 nitrogen and oxygen atoms in total. The van der Waals surface area contributed by atoms with Crippen molar-refractivity contribution in [1.82, 2.24) is 25.0 Å². The first-order chi connectivity index (χ1) is 10.8. The molecule has 23 heavy (non-hydrogen) atoms. The van der Waals surface area contributed by atoms with Gasteiger partial charge in [-0.15, -0.1) is 0 Å². The summed E-state index contributed by atoms with van der Waals surface area (Å²) in [5.74, 6) is -0.196. The quantitative estimate of drug-likeness (QED) is 0.774. The summed E-state index contributed by atoms with van der Waals surface area (Å²) < 4.78 is 15.5. The number of hydrogen-bond donors (Lipinski definition) is 2. The molecule has 3 aromatic heterocycles. The van der Waals surface area contributed by atoms with Crippen molar-refractivity contribution in [3.05, 3.63) is 24.7 Å². The Balaban J connectivity index is 2.04. The summed E-state index contributed by atoms with van der Waals surface area (Å²) in [6.07, 6.45) is 4.84. The predicted molar refractivity (Wildman–Crippen MR) is 84.6 cm³/mol. The van der Waals surface area contributed by atoms with Gasteiger partial charge in [-0.1, -0.05) is 0 Å². The normalized spacial score (nSPS) is 11.8. The summed E-state index contributed by atoms with van der Waals surface area (Å²) in [6.45, 7) is 4.58. The molecule has 3 heterocycles. The van der Waals surface area contributed by atoms with Crippen molar-refractivity contribution in [2.24, 2.45) is 0 Å². The number of fused-ring (bicyclic) bond motifs is 1. The van der Waals surface area contributed by atoms with E-state index in [-0.39, 0.29) is 12.5 Å². The molecule has 0 fully saturated rings. The Morgan fingerprint density at radius 1 is 1.39 bits per heavy atom. The molecule has 0 aromatic carbocycles. The summed E-state index contributed by atoms with van der Waals surface area (Å²) >= 11 is 0. The Kier molecular flexibility index (Phi) is 3.59. The van der Waals surface area contributed by atoms with Gasteiger partial charge < -0.3 is 5.32 Å². The third kappa shape index (κ3) is 3.20. The van der Waals surface area contributed by atoms with E-state index in [1.54, 1.807) is 23.1 Å². The molecule has 0 atom stereocenters. The molecule has 0 radical (unpaired) electrons. The number of aromatic amines is 1. The van der Waals surface area contributed by atoms with Gasteiger partial charge in [-0.05, 0) is 19.9 Å². The highest BCUT2D eigenvalue weighted by atomic mass is 19.1. The molecule has 0 saturated carbocycles. The Labute approximate surface area is 131 Å². The second-order valence-electron chi connectivity index (χ2n) is 5.99. The van der Waals surface area contributed by atoms with E-state index in [1.807, 2.05) is 0 Å². The minimum absolute atomic E-state index is 0.140. The number of carbonyl (C=O) groups is 1. The van der Waals surface area contributed by atoms with E-state index in [1.165, 1.54) is 27.0 Å². The standard InChI is InChI=1S/C15H17FN6O/c1-9(23)20-12-7-18-21-14(12)11-4-13-10(5-17-11)6-19-22(13)8-15(2,3)16/h4-7H,8H2,1-3H3,(H,18,21)(H,20,23). The molecule has 1 amide bonds. The monoisotopic (exact) mass is 316 g/mol. The van der Waals surface area contributed by atoms with Gasteiger partial charge >= 0.3 is 0 Å². The first-order valence-electron chi connectivity index (χ1n) is 7.15. The smallest absolute Gasteiger partial charge is 0.221 e. The largest absolute Gasteiger partial charge is 0.323 e. The van der Waals surface area contributed by atoms with Crippen molar-refractivity contribution in [3.8, 4) is 11.4 Å². The van der Waals surface area contributed by atoms with E-state index in [9.17, 15) is 9.18 Å². The van der Waals surface area contributed by atoms with Crippen molar-refractivity contribution in [3.63, 3.8) is 0 Å². The zero-order valence-electron chi connectivity index (χ0n) is 13.1. The minimum atomic E-state index is -1.38. The van der Waals surface area contributed by atoms with Crippen LogP contribution in [0.25, 0.3) is 22.3 Å². The second-order valence-corrected chi connectivity index (χ2v) is 5.99. The summed E-state index contributed by atoms with van der Waals surface area (Å²) in [7, 11) is 0. The summed E-state index contributed by atoms with van der Waals surface area (Å²) in [6, 6.07) is 1.80. The van der Waals surface area contributed by atoms with Crippen molar-refractivity contribution in [2.45, 2.75) is 33.0 Å². The fraction of sp³-hybridized carbons (Fsp3) is 0.333. The maximum Gasteiger partial charge on any atom is 0.221 e. The number of nitrogens with zero attached hydrogens (tertiary/aromatic N) is 4. The van der Waals surface area contributed by atoms with Crippen LogP contribution in [0, 0.1) is 0 Å². The molecule has 0 unspecified atom stereocenters. The summed E-state index contributed by atoms with van der Waals surface area (Å²) in [5, 5.41) is 14.5. The molecule has 0 spiro atoms. The number of H-pyrrole nitrogens is 1. The number of amides is 1. The highest BCUT2D eigenvalue weighted by Gasteiger charge is 2.19. The lowest BCUT2D eigenvalue weighted by atomic mass is 10.1. The van der Waals surface area contributed by atoms with Crippen LogP contribution < -0.4 is 5.32 Å². The van der Waals surface area contributed by atoms with Gasteiger partial charge in [0.1, 0.15) is 11.4 Å². The number of pyridine rings is 1. The highest BCUT2D eigenvalue weighted by molar-refractivity contribution is 5.93. The molecular weight excluding hydrogens is 299 g/mol. The first-order valence-corrected chi connectivity index (χ1v) is 7.15. The van der Waals surface area contributed by atoms with Gasteiger partial charge in [-0.3, -0.25) is 19.6 Å². The molecule has 3 aromatic rings. The van der Waals surface area contributed by atoms with Crippen molar-refractivity contribution < 1.29 is 9.18 Å². The molecule has 0 aliphatic heterocycles. The average Bonchev–Trinajstić information content (AvgIpc) is 3.04. The number of aromatic nitrogens is 5. The number of hydrogen-bond acceptors (Lipinski definition) is 4. The van der Waals surface area contributed by atoms with Gasteiger partial charge in [0.05, 0.1) is 35.8 Å². The topological polar surface area (TPSA) is 88.5 Å². The van der Waals surface area contributed by atoms with Gasteiger partial charge in [0.2, 0.25) is 5.91 Å². The van der Waals surface area contributed by atoms with Crippen LogP contribution in [0.3, 0.4) is 0 Å². The number of halogens is 1. The maximum absolute atomic E-state index is 13.9. The molecule has 2 N–H and O–H groups in total. The number of rotatable bonds is 4. The minimum Gasteiger partial charge on any atom is -0.323 e. The molecule has 0 bridgehead atoms. The lowest BCUT2D eigenvalue weighted by Gasteiger charge is -2.14. The van der Waals surface area contributed by atoms with Gasteiger partial charge in [0.25, 0.3) is 0 Å². The van der Waals surface area contributed by atoms with Gasteiger partial charge in [-0.2, -0.15) is 10.2 Å². The van der Waals surface area contributed by atoms with E-state index in [4.69, 9.17) is 0 Å². The lowest BCUT2D eigenvalue weighted by Crippen LogP contribution is -2.21. The highest BCUT2D eigenvalue weighted by Crippen LogP contribution is 2.27. The fourth-order valence-electron chi connectivity index (χ4n) is 2.36. The third-order valence-corrected chi connectivity index (χ3v) is 3.26. The van der Waals surface area contributed by atoms with Gasteiger partial charge in [0.15, 0.2) is 0 Å². The third-order valence-electron chi connectivity index (χ3n) is 3.26. The molecule has 120 valence electrons. The van der Waals surface area contributed by atoms with Gasteiger partial charge in [-0.25, -0.2) is 4.39 Å².